The van der Waals surface area contributed by atoms with Crippen LogP contribution in [0.15, 0.2) is 0 Å². The van der Waals surface area contributed by atoms with Crippen LogP contribution in [0, 0.1) is 5.92 Å². The molecule has 2 unspecified atom stereocenters. The predicted octanol–water partition coefficient (Wildman–Crippen LogP) is 0.0844. The maximum Gasteiger partial charge on any atom is 0.318 e. The van der Waals surface area contributed by atoms with Gasteiger partial charge in [0.2, 0.25) is 0 Å². The number of carbonyl (C=O) groups is 2. The number of carbonyl (C=O) groups excluding carboxylic acids is 2. The maximum atomic E-state index is 10.9. The van der Waals surface area contributed by atoms with E-state index in [2.05, 4.69) is 4.74 Å². The Bertz CT molecular complexity index is 169. The van der Waals surface area contributed by atoms with Gasteiger partial charge in [0.05, 0.1) is 11.2 Å². The summed E-state index contributed by atoms with van der Waals surface area (Å²) in [6, 6.07) is 0. The number of ether oxygens (including phenoxy) is 1. The number of rotatable bonds is 3. The molecule has 0 saturated carbocycles. The minimum Gasteiger partial charge on any atom is -0.468 e. The van der Waals surface area contributed by atoms with E-state index in [1.54, 1.807) is 0 Å². The van der Waals surface area contributed by atoms with Crippen molar-refractivity contribution in [1.82, 2.24) is 0 Å². The Hall–Kier alpha value is -0.170. The van der Waals surface area contributed by atoms with E-state index in [4.69, 9.17) is 5.73 Å². The number of hydrogen-bond donors (Lipinski definition) is 1. The predicted molar refractivity (Wildman–Crippen MR) is 48.2 cm³/mol. The van der Waals surface area contributed by atoms with Gasteiger partial charge in [-0.1, -0.05) is 22.6 Å². The SMILES string of the molecule is COC(=O)C(C(C)=O)C(N)I. The molecular weight excluding hydrogens is 261 g/mol. The van der Waals surface area contributed by atoms with Crippen LogP contribution in [0.25, 0.3) is 0 Å². The summed E-state index contributed by atoms with van der Waals surface area (Å²) in [5.74, 6) is -1.67. The molecular formula is C6H10INO3. The lowest BCUT2D eigenvalue weighted by Gasteiger charge is -2.12. The fraction of sp³-hybridized carbons (Fsp3) is 0.667. The van der Waals surface area contributed by atoms with Crippen molar-refractivity contribution in [3.05, 3.63) is 0 Å². The number of alkyl halides is 1. The van der Waals surface area contributed by atoms with Crippen LogP contribution in [0.1, 0.15) is 6.92 Å². The average molecular weight is 271 g/mol. The van der Waals surface area contributed by atoms with Gasteiger partial charge in [0.25, 0.3) is 0 Å². The van der Waals surface area contributed by atoms with Crippen molar-refractivity contribution in [3.8, 4) is 0 Å². The van der Waals surface area contributed by atoms with Gasteiger partial charge in [-0.15, -0.1) is 0 Å². The molecule has 0 aromatic heterocycles. The lowest BCUT2D eigenvalue weighted by atomic mass is 10.1. The Balaban J connectivity index is 4.34. The molecule has 0 saturated heterocycles. The van der Waals surface area contributed by atoms with E-state index in [-0.39, 0.29) is 5.78 Å². The van der Waals surface area contributed by atoms with Crippen LogP contribution in [-0.2, 0) is 14.3 Å². The van der Waals surface area contributed by atoms with Crippen LogP contribution in [0.2, 0.25) is 0 Å². The molecule has 0 rings (SSSR count). The maximum absolute atomic E-state index is 10.9. The molecule has 0 aromatic rings. The molecule has 0 aliphatic carbocycles. The summed E-state index contributed by atoms with van der Waals surface area (Å²) < 4.78 is 3.87. The first-order valence-corrected chi connectivity index (χ1v) is 4.23. The van der Waals surface area contributed by atoms with Gasteiger partial charge in [-0.05, 0) is 6.92 Å². The van der Waals surface area contributed by atoms with Crippen molar-refractivity contribution in [2.24, 2.45) is 11.7 Å². The highest BCUT2D eigenvalue weighted by molar-refractivity contribution is 14.1. The standard InChI is InChI=1S/C6H10INO3/c1-3(9)4(5(7)8)6(10)11-2/h4-5H,8H2,1-2H3. The number of methoxy groups -OCH3 is 1. The quantitative estimate of drug-likeness (QED) is 0.259. The molecule has 0 aromatic carbocycles. The van der Waals surface area contributed by atoms with Gasteiger partial charge in [0.15, 0.2) is 0 Å². The summed E-state index contributed by atoms with van der Waals surface area (Å²) in [4.78, 5) is 21.7. The highest BCUT2D eigenvalue weighted by Crippen LogP contribution is 2.11. The molecule has 0 heterocycles. The van der Waals surface area contributed by atoms with Gasteiger partial charge < -0.3 is 10.5 Å². The third-order valence-electron chi connectivity index (χ3n) is 1.21. The van der Waals surface area contributed by atoms with E-state index in [1.165, 1.54) is 14.0 Å². The summed E-state index contributed by atoms with van der Waals surface area (Å²) in [6.45, 7) is 1.32. The largest absolute Gasteiger partial charge is 0.468 e. The molecule has 0 bridgehead atoms. The Morgan fingerprint density at radius 1 is 1.55 bits per heavy atom. The second-order valence-corrected chi connectivity index (χ2v) is 3.49. The van der Waals surface area contributed by atoms with Crippen molar-refractivity contribution in [3.63, 3.8) is 0 Å². The molecule has 0 fully saturated rings. The molecule has 0 amide bonds. The molecule has 0 aliphatic heterocycles. The first kappa shape index (κ1) is 10.8. The lowest BCUT2D eigenvalue weighted by molar-refractivity contribution is -0.148. The number of esters is 1. The first-order chi connectivity index (χ1) is 5.00. The first-order valence-electron chi connectivity index (χ1n) is 2.98. The van der Waals surface area contributed by atoms with Crippen molar-refractivity contribution in [2.45, 2.75) is 11.0 Å². The molecule has 0 aliphatic rings. The zero-order chi connectivity index (χ0) is 9.02. The average Bonchev–Trinajstić information content (AvgIpc) is 1.85. The Morgan fingerprint density at radius 3 is 2.09 bits per heavy atom. The fourth-order valence-electron chi connectivity index (χ4n) is 0.647. The van der Waals surface area contributed by atoms with Gasteiger partial charge >= 0.3 is 5.97 Å². The Morgan fingerprint density at radius 2 is 2.00 bits per heavy atom. The van der Waals surface area contributed by atoms with Crippen LogP contribution in [0.4, 0.5) is 0 Å². The molecule has 5 heteroatoms. The molecule has 0 spiro atoms. The monoisotopic (exact) mass is 271 g/mol. The third-order valence-corrected chi connectivity index (χ3v) is 1.93. The summed E-state index contributed by atoms with van der Waals surface area (Å²) in [6.07, 6.45) is 0. The smallest absolute Gasteiger partial charge is 0.318 e. The lowest BCUT2D eigenvalue weighted by Crippen LogP contribution is -2.36. The van der Waals surface area contributed by atoms with Crippen molar-refractivity contribution in [2.75, 3.05) is 7.11 Å². The number of hydrogen-bond acceptors (Lipinski definition) is 4. The van der Waals surface area contributed by atoms with Crippen LogP contribution >= 0.6 is 22.6 Å². The van der Waals surface area contributed by atoms with Gasteiger partial charge in [0.1, 0.15) is 11.7 Å². The molecule has 11 heavy (non-hydrogen) atoms. The van der Waals surface area contributed by atoms with E-state index >= 15 is 0 Å². The van der Waals surface area contributed by atoms with Crippen LogP contribution in [0.3, 0.4) is 0 Å². The molecule has 0 radical (unpaired) electrons. The molecule has 4 nitrogen and oxygen atoms in total. The van der Waals surface area contributed by atoms with Crippen LogP contribution in [0.5, 0.6) is 0 Å². The highest BCUT2D eigenvalue weighted by Gasteiger charge is 2.28. The summed E-state index contributed by atoms with van der Waals surface area (Å²) in [5.41, 5.74) is 5.38. The molecule has 2 atom stereocenters. The van der Waals surface area contributed by atoms with E-state index in [0.29, 0.717) is 0 Å². The van der Waals surface area contributed by atoms with Gasteiger partial charge in [-0.25, -0.2) is 0 Å². The minimum absolute atomic E-state index is 0.265. The second kappa shape index (κ2) is 4.66. The number of ketones is 1. The zero-order valence-electron chi connectivity index (χ0n) is 6.33. The van der Waals surface area contributed by atoms with Gasteiger partial charge in [-0.2, -0.15) is 0 Å². The van der Waals surface area contributed by atoms with Crippen molar-refractivity contribution < 1.29 is 14.3 Å². The van der Waals surface area contributed by atoms with Crippen molar-refractivity contribution in [1.29, 1.82) is 0 Å². The summed E-state index contributed by atoms with van der Waals surface area (Å²) in [7, 11) is 1.23. The molecule has 64 valence electrons. The van der Waals surface area contributed by atoms with Crippen LogP contribution < -0.4 is 5.73 Å². The Kier molecular flexibility index (Phi) is 4.58. The number of halogens is 1. The third kappa shape index (κ3) is 3.15. The van der Waals surface area contributed by atoms with E-state index < -0.39 is 15.9 Å². The Labute approximate surface area is 78.6 Å². The van der Waals surface area contributed by atoms with Gasteiger partial charge in [-0.3, -0.25) is 9.59 Å². The number of nitrogens with two attached hydrogens (primary N) is 1. The molecule has 2 N–H and O–H groups in total. The topological polar surface area (TPSA) is 69.4 Å². The van der Waals surface area contributed by atoms with Gasteiger partial charge in [0, 0.05) is 0 Å². The zero-order valence-corrected chi connectivity index (χ0v) is 8.49. The van der Waals surface area contributed by atoms with Crippen LogP contribution in [-0.4, -0.2) is 22.9 Å². The summed E-state index contributed by atoms with van der Waals surface area (Å²) >= 11 is 1.81. The second-order valence-electron chi connectivity index (χ2n) is 2.06. The van der Waals surface area contributed by atoms with E-state index in [0.717, 1.165) is 0 Å². The van der Waals surface area contributed by atoms with E-state index in [9.17, 15) is 9.59 Å². The minimum atomic E-state index is -0.833. The van der Waals surface area contributed by atoms with Crippen molar-refractivity contribution >= 4 is 34.3 Å². The fourth-order valence-corrected chi connectivity index (χ4v) is 1.45. The number of Topliss-reactive ketones (excluding diaryl/α,β-unsaturated/α-hetero) is 1. The summed E-state index contributed by atoms with van der Waals surface area (Å²) in [5, 5.41) is 0. The highest BCUT2D eigenvalue weighted by atomic mass is 127. The van der Waals surface area contributed by atoms with E-state index in [1.807, 2.05) is 22.6 Å². The normalized spacial score (nSPS) is 15.3.